The van der Waals surface area contributed by atoms with Crippen molar-refractivity contribution in [3.63, 3.8) is 0 Å². The summed E-state index contributed by atoms with van der Waals surface area (Å²) in [4.78, 5) is 38.0. The van der Waals surface area contributed by atoms with Crippen LogP contribution in [0.4, 0.5) is 23.1 Å². The lowest BCUT2D eigenvalue weighted by molar-refractivity contribution is -0.121. The van der Waals surface area contributed by atoms with Crippen LogP contribution in [0.2, 0.25) is 0 Å². The van der Waals surface area contributed by atoms with Crippen LogP contribution in [0.3, 0.4) is 0 Å². The van der Waals surface area contributed by atoms with E-state index in [1.54, 1.807) is 50.5 Å². The summed E-state index contributed by atoms with van der Waals surface area (Å²) in [5.74, 6) is 1.46. The molecular formula is C23H30N6O3. The van der Waals surface area contributed by atoms with Crippen LogP contribution in [0.15, 0.2) is 24.4 Å². The molecule has 1 fully saturated rings. The van der Waals surface area contributed by atoms with Crippen molar-refractivity contribution >= 4 is 35.0 Å². The zero-order valence-electron chi connectivity index (χ0n) is 19.0. The first-order valence-corrected chi connectivity index (χ1v) is 11.0. The molecule has 0 saturated heterocycles. The number of amides is 2. The van der Waals surface area contributed by atoms with Gasteiger partial charge in [0.1, 0.15) is 11.4 Å². The molecule has 0 spiro atoms. The number of carbonyl (C=O) groups excluding carboxylic acids is 2. The van der Waals surface area contributed by atoms with E-state index in [0.717, 1.165) is 24.3 Å². The molecule has 32 heavy (non-hydrogen) atoms. The molecule has 1 atom stereocenters. The van der Waals surface area contributed by atoms with Gasteiger partial charge in [-0.2, -0.15) is 4.98 Å². The molecule has 1 unspecified atom stereocenters. The van der Waals surface area contributed by atoms with Crippen molar-refractivity contribution in [2.45, 2.75) is 38.6 Å². The van der Waals surface area contributed by atoms with Gasteiger partial charge in [0.15, 0.2) is 5.82 Å². The summed E-state index contributed by atoms with van der Waals surface area (Å²) in [5, 5.41) is 5.82. The lowest BCUT2D eigenvalue weighted by Crippen LogP contribution is -2.38. The van der Waals surface area contributed by atoms with E-state index in [1.807, 2.05) is 6.92 Å². The molecule has 2 aliphatic rings. The topological polar surface area (TPSA) is 99.7 Å². The number of benzene rings is 1. The van der Waals surface area contributed by atoms with E-state index in [4.69, 9.17) is 9.72 Å². The predicted molar refractivity (Wildman–Crippen MR) is 124 cm³/mol. The van der Waals surface area contributed by atoms with Gasteiger partial charge in [0.25, 0.3) is 5.91 Å². The van der Waals surface area contributed by atoms with Crippen molar-refractivity contribution in [1.82, 2.24) is 15.3 Å². The smallest absolute Gasteiger partial charge is 0.251 e. The normalized spacial score (nSPS) is 18.9. The molecular weight excluding hydrogens is 408 g/mol. The molecule has 0 radical (unpaired) electrons. The molecule has 9 nitrogen and oxygen atoms in total. The van der Waals surface area contributed by atoms with Crippen LogP contribution in [0.5, 0.6) is 5.75 Å². The Bertz CT molecular complexity index is 1020. The van der Waals surface area contributed by atoms with E-state index in [1.165, 1.54) is 12.8 Å². The van der Waals surface area contributed by atoms with Gasteiger partial charge in [-0.1, -0.05) is 19.8 Å². The maximum atomic E-state index is 12.8. The minimum Gasteiger partial charge on any atom is -0.495 e. The van der Waals surface area contributed by atoms with E-state index >= 15 is 0 Å². The summed E-state index contributed by atoms with van der Waals surface area (Å²) in [6.07, 6.45) is 6.30. The predicted octanol–water partition coefficient (Wildman–Crippen LogP) is 2.95. The van der Waals surface area contributed by atoms with Crippen LogP contribution >= 0.6 is 0 Å². The minimum atomic E-state index is -0.190. The number of nitrogens with zero attached hydrogens (tertiary/aromatic N) is 4. The molecule has 170 valence electrons. The zero-order valence-corrected chi connectivity index (χ0v) is 19.0. The van der Waals surface area contributed by atoms with Gasteiger partial charge in [-0.05, 0) is 31.0 Å². The highest BCUT2D eigenvalue weighted by atomic mass is 16.5. The molecule has 1 aliphatic heterocycles. The van der Waals surface area contributed by atoms with Crippen molar-refractivity contribution in [2.75, 3.05) is 42.9 Å². The average Bonchev–Trinajstić information content (AvgIpc) is 3.33. The summed E-state index contributed by atoms with van der Waals surface area (Å²) < 4.78 is 5.47. The van der Waals surface area contributed by atoms with Crippen molar-refractivity contribution < 1.29 is 14.3 Å². The Labute approximate surface area is 188 Å². The Hall–Kier alpha value is -3.36. The van der Waals surface area contributed by atoms with Crippen molar-refractivity contribution in [3.8, 4) is 5.75 Å². The highest BCUT2D eigenvalue weighted by Crippen LogP contribution is 2.37. The summed E-state index contributed by atoms with van der Waals surface area (Å²) >= 11 is 0. The summed E-state index contributed by atoms with van der Waals surface area (Å²) in [5.41, 5.74) is 1.87. The van der Waals surface area contributed by atoms with Crippen LogP contribution in [0.1, 0.15) is 43.0 Å². The molecule has 1 saturated carbocycles. The van der Waals surface area contributed by atoms with Gasteiger partial charge in [0.2, 0.25) is 11.9 Å². The first-order valence-electron chi connectivity index (χ1n) is 11.0. The molecule has 1 aromatic heterocycles. The fourth-order valence-electron chi connectivity index (χ4n) is 4.52. The fourth-order valence-corrected chi connectivity index (χ4v) is 4.52. The fraction of sp³-hybridized carbons (Fsp3) is 0.478. The number of rotatable bonds is 5. The first-order chi connectivity index (χ1) is 15.4. The zero-order chi connectivity index (χ0) is 22.8. The molecule has 9 heteroatoms. The van der Waals surface area contributed by atoms with Gasteiger partial charge >= 0.3 is 0 Å². The van der Waals surface area contributed by atoms with E-state index in [2.05, 4.69) is 20.5 Å². The third-order valence-electron chi connectivity index (χ3n) is 6.31. The second-order valence-corrected chi connectivity index (χ2v) is 8.41. The summed E-state index contributed by atoms with van der Waals surface area (Å²) in [7, 11) is 4.92. The SMILES string of the molecule is CNC(=O)c1ccc(Nc2ncc3c(n2)N(C2CCCC2)CC(C)C(=O)N3C)c(OC)c1. The molecule has 2 N–H and O–H groups in total. The number of hydrogen-bond donors (Lipinski definition) is 2. The van der Waals surface area contributed by atoms with Crippen molar-refractivity contribution in [1.29, 1.82) is 0 Å². The number of ether oxygens (including phenoxy) is 1. The van der Waals surface area contributed by atoms with Crippen LogP contribution < -0.4 is 25.2 Å². The van der Waals surface area contributed by atoms with Gasteiger partial charge in [0, 0.05) is 32.2 Å². The van der Waals surface area contributed by atoms with E-state index in [9.17, 15) is 9.59 Å². The molecule has 2 amide bonds. The Kier molecular flexibility index (Phi) is 6.16. The molecule has 0 bridgehead atoms. The van der Waals surface area contributed by atoms with Gasteiger partial charge in [-0.25, -0.2) is 4.98 Å². The van der Waals surface area contributed by atoms with Crippen molar-refractivity contribution in [3.05, 3.63) is 30.0 Å². The molecule has 1 aliphatic carbocycles. The second kappa shape index (κ2) is 9.02. The van der Waals surface area contributed by atoms with Gasteiger partial charge in [0.05, 0.1) is 24.9 Å². The third kappa shape index (κ3) is 4.06. The maximum Gasteiger partial charge on any atom is 0.251 e. The van der Waals surface area contributed by atoms with Crippen LogP contribution in [-0.2, 0) is 4.79 Å². The largest absolute Gasteiger partial charge is 0.495 e. The van der Waals surface area contributed by atoms with Crippen LogP contribution in [-0.4, -0.2) is 55.6 Å². The monoisotopic (exact) mass is 438 g/mol. The lowest BCUT2D eigenvalue weighted by atomic mass is 10.1. The van der Waals surface area contributed by atoms with E-state index in [0.29, 0.717) is 35.5 Å². The molecule has 4 rings (SSSR count). The lowest BCUT2D eigenvalue weighted by Gasteiger charge is -2.31. The standard InChI is InChI=1S/C23H30N6O3/c1-14-13-29(16-7-5-6-8-16)20-18(28(3)22(14)31)12-25-23(27-20)26-17-10-9-15(21(30)24-2)11-19(17)32-4/h9-12,14,16H,5-8,13H2,1-4H3,(H,24,30)(H,25,26,27). The molecule has 2 aromatic rings. The average molecular weight is 439 g/mol. The highest BCUT2D eigenvalue weighted by molar-refractivity contribution is 5.99. The van der Waals surface area contributed by atoms with Crippen LogP contribution in [0.25, 0.3) is 0 Å². The quantitative estimate of drug-likeness (QED) is 0.740. The number of nitrogens with one attached hydrogen (secondary N) is 2. The Morgan fingerprint density at radius 2 is 2.00 bits per heavy atom. The Morgan fingerprint density at radius 3 is 2.69 bits per heavy atom. The van der Waals surface area contributed by atoms with Crippen LogP contribution in [0, 0.1) is 5.92 Å². The third-order valence-corrected chi connectivity index (χ3v) is 6.31. The summed E-state index contributed by atoms with van der Waals surface area (Å²) in [6, 6.07) is 5.53. The molecule has 2 heterocycles. The number of fused-ring (bicyclic) bond motifs is 1. The van der Waals surface area contributed by atoms with E-state index in [-0.39, 0.29) is 17.7 Å². The minimum absolute atomic E-state index is 0.0718. The van der Waals surface area contributed by atoms with Gasteiger partial charge in [-0.3, -0.25) is 9.59 Å². The Morgan fingerprint density at radius 1 is 1.25 bits per heavy atom. The summed E-state index contributed by atoms with van der Waals surface area (Å²) in [6.45, 7) is 2.61. The number of carbonyl (C=O) groups is 2. The second-order valence-electron chi connectivity index (χ2n) is 8.41. The maximum absolute atomic E-state index is 12.8. The first kappa shape index (κ1) is 21.9. The number of aromatic nitrogens is 2. The number of anilines is 4. The van der Waals surface area contributed by atoms with Gasteiger partial charge in [-0.15, -0.1) is 0 Å². The van der Waals surface area contributed by atoms with Gasteiger partial charge < -0.3 is 25.2 Å². The molecule has 1 aromatic carbocycles. The highest BCUT2D eigenvalue weighted by Gasteiger charge is 2.35. The van der Waals surface area contributed by atoms with Crippen molar-refractivity contribution in [2.24, 2.45) is 5.92 Å². The Balaban J connectivity index is 1.70. The van der Waals surface area contributed by atoms with E-state index < -0.39 is 0 Å². The number of methoxy groups -OCH3 is 1. The number of hydrogen-bond acceptors (Lipinski definition) is 7.